The van der Waals surface area contributed by atoms with Crippen LogP contribution in [0.2, 0.25) is 0 Å². The van der Waals surface area contributed by atoms with E-state index in [1.54, 1.807) is 0 Å². The van der Waals surface area contributed by atoms with E-state index in [0.29, 0.717) is 19.3 Å². The number of rotatable bonds is 53. The minimum atomic E-state index is -0.762. The summed E-state index contributed by atoms with van der Waals surface area (Å²) in [7, 11) is 0. The number of esters is 3. The Labute approximate surface area is 406 Å². The number of hydrogen-bond donors (Lipinski definition) is 0. The molecule has 1 unspecified atom stereocenters. The highest BCUT2D eigenvalue weighted by atomic mass is 16.6. The van der Waals surface area contributed by atoms with E-state index in [1.165, 1.54) is 218 Å². The summed E-state index contributed by atoms with van der Waals surface area (Å²) in [5.41, 5.74) is 0. The molecule has 0 aliphatic carbocycles. The number of carbonyl (C=O) groups excluding carboxylic acids is 3. The second kappa shape index (κ2) is 51.8. The molecule has 2 atom stereocenters. The molecule has 0 aliphatic heterocycles. The maximum atomic E-state index is 12.9. The lowest BCUT2D eigenvalue weighted by Crippen LogP contribution is -2.30. The first-order chi connectivity index (χ1) is 31.8. The van der Waals surface area contributed by atoms with Crippen molar-refractivity contribution in [3.63, 3.8) is 0 Å². The highest BCUT2D eigenvalue weighted by Gasteiger charge is 2.19. The van der Waals surface area contributed by atoms with Crippen LogP contribution in [0.15, 0.2) is 0 Å². The van der Waals surface area contributed by atoms with Crippen LogP contribution in [0.4, 0.5) is 0 Å². The Hall–Kier alpha value is -1.59. The van der Waals surface area contributed by atoms with E-state index in [1.807, 2.05) is 0 Å². The number of carbonyl (C=O) groups is 3. The zero-order valence-electron chi connectivity index (χ0n) is 44.6. The molecule has 0 saturated carbocycles. The van der Waals surface area contributed by atoms with Crippen LogP contribution in [0.5, 0.6) is 0 Å². The number of hydrogen-bond acceptors (Lipinski definition) is 6. The minimum Gasteiger partial charge on any atom is -0.462 e. The third kappa shape index (κ3) is 51.6. The third-order valence-electron chi connectivity index (χ3n) is 13.8. The van der Waals surface area contributed by atoms with Crippen LogP contribution in [0, 0.1) is 11.8 Å². The van der Waals surface area contributed by atoms with Crippen LogP contribution in [0.1, 0.15) is 330 Å². The lowest BCUT2D eigenvalue weighted by molar-refractivity contribution is -0.167. The Kier molecular flexibility index (Phi) is 50.5. The van der Waals surface area contributed by atoms with Gasteiger partial charge in [0.2, 0.25) is 0 Å². The van der Waals surface area contributed by atoms with E-state index in [-0.39, 0.29) is 31.1 Å². The third-order valence-corrected chi connectivity index (χ3v) is 13.8. The topological polar surface area (TPSA) is 78.9 Å². The molecule has 0 bridgehead atoms. The summed E-state index contributed by atoms with van der Waals surface area (Å²) in [5, 5.41) is 0. The van der Waals surface area contributed by atoms with Gasteiger partial charge in [-0.3, -0.25) is 14.4 Å². The summed E-state index contributed by atoms with van der Waals surface area (Å²) in [6.45, 7) is 11.5. The Morgan fingerprint density at radius 3 is 0.877 bits per heavy atom. The van der Waals surface area contributed by atoms with E-state index in [9.17, 15) is 14.4 Å². The van der Waals surface area contributed by atoms with E-state index in [4.69, 9.17) is 14.2 Å². The molecule has 0 aliphatic rings. The summed E-state index contributed by atoms with van der Waals surface area (Å²) in [4.78, 5) is 38.1. The average molecular weight is 920 g/mol. The standard InChI is InChI=1S/C59H114O6/c1-6-8-9-10-11-12-22-29-34-39-44-49-57(60)63-52-56(65-59(62)51-46-41-36-31-26-21-15-13-14-18-23-27-32-37-42-47-54(3)4)53-64-58(61)50-45-40-35-30-25-20-17-16-19-24-28-33-38-43-48-55(5)7-2/h54-56H,6-53H2,1-5H3/t55?,56-/m1/s1. The van der Waals surface area contributed by atoms with Crippen LogP contribution in [-0.2, 0) is 28.6 Å². The molecule has 0 spiro atoms. The molecule has 0 aromatic rings. The van der Waals surface area contributed by atoms with Crippen LogP contribution < -0.4 is 0 Å². The van der Waals surface area contributed by atoms with E-state index in [0.717, 1.165) is 69.6 Å². The average Bonchev–Trinajstić information content (AvgIpc) is 3.29. The van der Waals surface area contributed by atoms with Crippen LogP contribution in [-0.4, -0.2) is 37.2 Å². The maximum absolute atomic E-state index is 12.9. The molecule has 0 aromatic heterocycles. The number of unbranched alkanes of at least 4 members (excludes halogenated alkanes) is 37. The summed E-state index contributed by atoms with van der Waals surface area (Å²) >= 11 is 0. The zero-order chi connectivity index (χ0) is 47.5. The van der Waals surface area contributed by atoms with Gasteiger partial charge in [-0.15, -0.1) is 0 Å². The van der Waals surface area contributed by atoms with Gasteiger partial charge in [-0.2, -0.15) is 0 Å². The van der Waals surface area contributed by atoms with Crippen molar-refractivity contribution in [2.24, 2.45) is 11.8 Å². The molecular weight excluding hydrogens is 805 g/mol. The lowest BCUT2D eigenvalue weighted by atomic mass is 9.99. The summed E-state index contributed by atoms with van der Waals surface area (Å²) in [5.74, 6) is 0.905. The van der Waals surface area contributed by atoms with Crippen molar-refractivity contribution < 1.29 is 28.6 Å². The van der Waals surface area contributed by atoms with Crippen molar-refractivity contribution >= 4 is 17.9 Å². The summed E-state index contributed by atoms with van der Waals surface area (Å²) < 4.78 is 16.9. The van der Waals surface area contributed by atoms with Crippen LogP contribution in [0.25, 0.3) is 0 Å². The second-order valence-electron chi connectivity index (χ2n) is 21.0. The summed E-state index contributed by atoms with van der Waals surface area (Å²) in [6.07, 6.45) is 55.1. The Morgan fingerprint density at radius 2 is 0.585 bits per heavy atom. The molecule has 0 heterocycles. The van der Waals surface area contributed by atoms with E-state index < -0.39 is 6.10 Å². The van der Waals surface area contributed by atoms with Gasteiger partial charge in [0.1, 0.15) is 13.2 Å². The van der Waals surface area contributed by atoms with Crippen LogP contribution in [0.3, 0.4) is 0 Å². The van der Waals surface area contributed by atoms with Crippen molar-refractivity contribution in [3.05, 3.63) is 0 Å². The SMILES string of the molecule is CCCCCCCCCCCCCC(=O)OC[C@H](COC(=O)CCCCCCCCCCCCCCCCC(C)CC)OC(=O)CCCCCCCCCCCCCCCCCC(C)C. The first kappa shape index (κ1) is 63.4. The Morgan fingerprint density at radius 1 is 0.323 bits per heavy atom. The lowest BCUT2D eigenvalue weighted by Gasteiger charge is -2.18. The van der Waals surface area contributed by atoms with Gasteiger partial charge >= 0.3 is 17.9 Å². The molecule has 0 saturated heterocycles. The minimum absolute atomic E-state index is 0.0625. The normalized spacial score (nSPS) is 12.5. The van der Waals surface area contributed by atoms with Gasteiger partial charge in [-0.25, -0.2) is 0 Å². The highest BCUT2D eigenvalue weighted by Crippen LogP contribution is 2.19. The van der Waals surface area contributed by atoms with Gasteiger partial charge in [-0.05, 0) is 31.1 Å². The van der Waals surface area contributed by atoms with Gasteiger partial charge < -0.3 is 14.2 Å². The Balaban J connectivity index is 4.26. The van der Waals surface area contributed by atoms with E-state index in [2.05, 4.69) is 34.6 Å². The van der Waals surface area contributed by atoms with Gasteiger partial charge in [0, 0.05) is 19.3 Å². The predicted octanol–water partition coefficient (Wildman–Crippen LogP) is 19.3. The molecule has 0 radical (unpaired) electrons. The first-order valence-corrected chi connectivity index (χ1v) is 29.3. The fourth-order valence-corrected chi connectivity index (χ4v) is 9.02. The molecule has 0 aromatic carbocycles. The van der Waals surface area contributed by atoms with Crippen molar-refractivity contribution in [3.8, 4) is 0 Å². The van der Waals surface area contributed by atoms with Gasteiger partial charge in [0.25, 0.3) is 0 Å². The second-order valence-corrected chi connectivity index (χ2v) is 21.0. The largest absolute Gasteiger partial charge is 0.462 e. The smallest absolute Gasteiger partial charge is 0.306 e. The van der Waals surface area contributed by atoms with Crippen molar-refractivity contribution in [2.45, 2.75) is 336 Å². The van der Waals surface area contributed by atoms with Crippen molar-refractivity contribution in [1.29, 1.82) is 0 Å². The molecule has 0 N–H and O–H groups in total. The molecule has 0 rings (SSSR count). The molecule has 6 heteroatoms. The molecular formula is C59H114O6. The van der Waals surface area contributed by atoms with Crippen LogP contribution >= 0.6 is 0 Å². The monoisotopic (exact) mass is 919 g/mol. The quantitative estimate of drug-likeness (QED) is 0.0344. The zero-order valence-corrected chi connectivity index (χ0v) is 44.6. The van der Waals surface area contributed by atoms with Gasteiger partial charge in [-0.1, -0.05) is 291 Å². The summed E-state index contributed by atoms with van der Waals surface area (Å²) in [6, 6.07) is 0. The molecule has 6 nitrogen and oxygen atoms in total. The van der Waals surface area contributed by atoms with Crippen molar-refractivity contribution in [1.82, 2.24) is 0 Å². The highest BCUT2D eigenvalue weighted by molar-refractivity contribution is 5.71. The molecule has 0 amide bonds. The van der Waals surface area contributed by atoms with Gasteiger partial charge in [0.05, 0.1) is 0 Å². The molecule has 65 heavy (non-hydrogen) atoms. The first-order valence-electron chi connectivity index (χ1n) is 29.3. The van der Waals surface area contributed by atoms with E-state index >= 15 is 0 Å². The van der Waals surface area contributed by atoms with Crippen molar-refractivity contribution in [2.75, 3.05) is 13.2 Å². The maximum Gasteiger partial charge on any atom is 0.306 e. The fraction of sp³-hybridized carbons (Fsp3) is 0.949. The Bertz CT molecular complexity index is 995. The predicted molar refractivity (Wildman–Crippen MR) is 280 cm³/mol. The number of ether oxygens (including phenoxy) is 3. The van der Waals surface area contributed by atoms with Gasteiger partial charge in [0.15, 0.2) is 6.10 Å². The fourth-order valence-electron chi connectivity index (χ4n) is 9.02. The molecule has 386 valence electrons. The molecule has 0 fully saturated rings.